The molecule has 0 heterocycles. The number of sulfonamides is 1. The molecule has 0 saturated carbocycles. The average molecular weight is 479 g/mol. The van der Waals surface area contributed by atoms with Crippen LogP contribution in [-0.4, -0.2) is 44.2 Å². The molecule has 0 bridgehead atoms. The molecule has 0 saturated heterocycles. The van der Waals surface area contributed by atoms with E-state index in [1.54, 1.807) is 13.8 Å². The highest BCUT2D eigenvalue weighted by Gasteiger charge is 2.26. The second kappa shape index (κ2) is 9.91. The van der Waals surface area contributed by atoms with Gasteiger partial charge in [0, 0.05) is 23.7 Å². The first-order valence-corrected chi connectivity index (χ1v) is 11.1. The molecule has 0 radical (unpaired) electrons. The first-order chi connectivity index (χ1) is 13.6. The molecule has 0 spiro atoms. The van der Waals surface area contributed by atoms with Crippen molar-refractivity contribution in [3.8, 4) is 0 Å². The van der Waals surface area contributed by atoms with Crippen LogP contribution >= 0.6 is 34.8 Å². The van der Waals surface area contributed by atoms with Crippen molar-refractivity contribution in [1.29, 1.82) is 0 Å². The Morgan fingerprint density at radius 3 is 2.21 bits per heavy atom. The molecule has 10 heteroatoms. The topological polar surface area (TPSA) is 80.8 Å². The van der Waals surface area contributed by atoms with E-state index >= 15 is 0 Å². The van der Waals surface area contributed by atoms with Crippen LogP contribution in [0.5, 0.6) is 0 Å². The molecule has 0 fully saturated rings. The Morgan fingerprint density at radius 1 is 0.966 bits per heavy atom. The first kappa shape index (κ1) is 23.6. The third-order valence-electron chi connectivity index (χ3n) is 4.06. The van der Waals surface area contributed by atoms with E-state index in [1.807, 2.05) is 0 Å². The van der Waals surface area contributed by atoms with Crippen LogP contribution in [0.1, 0.15) is 34.6 Å². The lowest BCUT2D eigenvalue weighted by molar-refractivity contribution is 0.0474. The maximum atomic E-state index is 12.7. The van der Waals surface area contributed by atoms with Gasteiger partial charge in [0.1, 0.15) is 4.90 Å². The molecule has 156 valence electrons. The lowest BCUT2D eigenvalue weighted by atomic mass is 10.1. The smallest absolute Gasteiger partial charge is 0.338 e. The molecule has 0 atom stereocenters. The molecule has 2 aromatic rings. The van der Waals surface area contributed by atoms with Crippen molar-refractivity contribution in [3.05, 3.63) is 62.6 Å². The average Bonchev–Trinajstić information content (AvgIpc) is 2.66. The van der Waals surface area contributed by atoms with Gasteiger partial charge in [-0.25, -0.2) is 13.2 Å². The summed E-state index contributed by atoms with van der Waals surface area (Å²) in [5.41, 5.74) is 0.111. The molecule has 0 aliphatic rings. The Morgan fingerprint density at radius 2 is 1.62 bits per heavy atom. The molecule has 6 nitrogen and oxygen atoms in total. The number of hydrogen-bond donors (Lipinski definition) is 0. The molecule has 0 amide bonds. The highest BCUT2D eigenvalue weighted by Crippen LogP contribution is 2.26. The standard InChI is InChI=1S/C19H18Cl3NO5S/c1-3-23(4-2)29(26,27)18-9-12(5-8-15(18)21)19(25)28-11-17(24)14-7-6-13(20)10-16(14)22/h5-10H,3-4,11H2,1-2H3. The number of hydrogen-bond acceptors (Lipinski definition) is 5. The molecule has 0 N–H and O–H groups in total. The summed E-state index contributed by atoms with van der Waals surface area (Å²) in [6.07, 6.45) is 0. The number of halogens is 3. The molecule has 0 aliphatic heterocycles. The lowest BCUT2D eigenvalue weighted by Gasteiger charge is -2.19. The summed E-state index contributed by atoms with van der Waals surface area (Å²) in [5, 5.41) is 0.488. The van der Waals surface area contributed by atoms with Gasteiger partial charge in [0.2, 0.25) is 15.8 Å². The highest BCUT2D eigenvalue weighted by atomic mass is 35.5. The Hall–Kier alpha value is -1.64. The van der Waals surface area contributed by atoms with E-state index < -0.39 is 28.4 Å². The minimum absolute atomic E-state index is 0.0162. The van der Waals surface area contributed by atoms with Gasteiger partial charge < -0.3 is 4.74 Å². The maximum Gasteiger partial charge on any atom is 0.338 e. The number of carbonyl (C=O) groups excluding carboxylic acids is 2. The molecule has 0 aliphatic carbocycles. The van der Waals surface area contributed by atoms with Crippen molar-refractivity contribution in [2.45, 2.75) is 18.7 Å². The third-order valence-corrected chi connectivity index (χ3v) is 7.14. The van der Waals surface area contributed by atoms with Crippen LogP contribution in [0.4, 0.5) is 0 Å². The normalized spacial score (nSPS) is 11.5. The van der Waals surface area contributed by atoms with E-state index in [0.717, 1.165) is 6.07 Å². The first-order valence-electron chi connectivity index (χ1n) is 8.56. The molecular formula is C19H18Cl3NO5S. The predicted octanol–water partition coefficient (Wildman–Crippen LogP) is 4.72. The van der Waals surface area contributed by atoms with Crippen molar-refractivity contribution < 1.29 is 22.7 Å². The van der Waals surface area contributed by atoms with Crippen LogP contribution in [0.3, 0.4) is 0 Å². The van der Waals surface area contributed by atoms with Gasteiger partial charge in [0.15, 0.2) is 6.61 Å². The van der Waals surface area contributed by atoms with Gasteiger partial charge in [-0.05, 0) is 36.4 Å². The van der Waals surface area contributed by atoms with Gasteiger partial charge in [-0.1, -0.05) is 48.7 Å². The Bertz CT molecular complexity index is 1040. The van der Waals surface area contributed by atoms with Crippen LogP contribution in [0, 0.1) is 0 Å². The Balaban J connectivity index is 2.21. The molecule has 2 aromatic carbocycles. The summed E-state index contributed by atoms with van der Waals surface area (Å²) >= 11 is 17.8. The van der Waals surface area contributed by atoms with E-state index in [4.69, 9.17) is 39.5 Å². The fourth-order valence-electron chi connectivity index (χ4n) is 2.54. The van der Waals surface area contributed by atoms with Crippen molar-refractivity contribution in [1.82, 2.24) is 4.31 Å². The van der Waals surface area contributed by atoms with Crippen molar-refractivity contribution in [3.63, 3.8) is 0 Å². The molecular weight excluding hydrogens is 461 g/mol. The zero-order valence-electron chi connectivity index (χ0n) is 15.6. The monoisotopic (exact) mass is 477 g/mol. The largest absolute Gasteiger partial charge is 0.454 e. The Labute approximate surface area is 184 Å². The molecule has 2 rings (SSSR count). The number of rotatable bonds is 8. The SMILES string of the molecule is CCN(CC)S(=O)(=O)c1cc(C(=O)OCC(=O)c2ccc(Cl)cc2Cl)ccc1Cl. The number of nitrogens with zero attached hydrogens (tertiary/aromatic N) is 1. The van der Waals surface area contributed by atoms with Crippen LogP contribution < -0.4 is 0 Å². The Kier molecular flexibility index (Phi) is 8.08. The van der Waals surface area contributed by atoms with Crippen LogP contribution in [0.25, 0.3) is 0 Å². The fraction of sp³-hybridized carbons (Fsp3) is 0.263. The van der Waals surface area contributed by atoms with E-state index in [9.17, 15) is 18.0 Å². The van der Waals surface area contributed by atoms with E-state index in [2.05, 4.69) is 0 Å². The summed E-state index contributed by atoms with van der Waals surface area (Å²) in [6, 6.07) is 8.09. The van der Waals surface area contributed by atoms with Gasteiger partial charge in [-0.3, -0.25) is 4.79 Å². The van der Waals surface area contributed by atoms with Crippen molar-refractivity contribution in [2.24, 2.45) is 0 Å². The van der Waals surface area contributed by atoms with Gasteiger partial charge in [0.05, 0.1) is 15.6 Å². The summed E-state index contributed by atoms with van der Waals surface area (Å²) < 4.78 is 31.7. The zero-order valence-corrected chi connectivity index (χ0v) is 18.7. The van der Waals surface area contributed by atoms with Gasteiger partial charge >= 0.3 is 5.97 Å². The van der Waals surface area contributed by atoms with Gasteiger partial charge in [-0.15, -0.1) is 0 Å². The van der Waals surface area contributed by atoms with E-state index in [-0.39, 0.29) is 39.2 Å². The third kappa shape index (κ3) is 5.49. The number of carbonyl (C=O) groups is 2. The number of Topliss-reactive ketones (excluding diaryl/α,β-unsaturated/α-hetero) is 1. The molecule has 0 aromatic heterocycles. The maximum absolute atomic E-state index is 12.7. The summed E-state index contributed by atoms with van der Waals surface area (Å²) in [6.45, 7) is 3.32. The number of esters is 1. The molecule has 0 unspecified atom stereocenters. The predicted molar refractivity (Wildman–Crippen MR) is 113 cm³/mol. The van der Waals surface area contributed by atoms with Crippen molar-refractivity contribution >= 4 is 56.6 Å². The van der Waals surface area contributed by atoms with Crippen molar-refractivity contribution in [2.75, 3.05) is 19.7 Å². The quantitative estimate of drug-likeness (QED) is 0.405. The second-order valence-corrected chi connectivity index (χ2v) is 9.02. The summed E-state index contributed by atoms with van der Waals surface area (Å²) in [4.78, 5) is 24.4. The summed E-state index contributed by atoms with van der Waals surface area (Å²) in [5.74, 6) is -1.39. The van der Waals surface area contributed by atoms with Crippen LogP contribution in [-0.2, 0) is 14.8 Å². The number of ketones is 1. The number of ether oxygens (including phenoxy) is 1. The van der Waals surface area contributed by atoms with Gasteiger partial charge in [0.25, 0.3) is 0 Å². The van der Waals surface area contributed by atoms with E-state index in [1.165, 1.54) is 34.6 Å². The fourth-order valence-corrected chi connectivity index (χ4v) is 5.01. The lowest BCUT2D eigenvalue weighted by Crippen LogP contribution is -2.31. The zero-order chi connectivity index (χ0) is 21.8. The number of benzene rings is 2. The minimum Gasteiger partial charge on any atom is -0.454 e. The highest BCUT2D eigenvalue weighted by molar-refractivity contribution is 7.89. The van der Waals surface area contributed by atoms with Gasteiger partial charge in [-0.2, -0.15) is 4.31 Å². The van der Waals surface area contributed by atoms with Crippen LogP contribution in [0.15, 0.2) is 41.3 Å². The van der Waals surface area contributed by atoms with E-state index in [0.29, 0.717) is 5.02 Å². The minimum atomic E-state index is -3.88. The molecule has 29 heavy (non-hydrogen) atoms. The summed E-state index contributed by atoms with van der Waals surface area (Å²) in [7, 11) is -3.88. The van der Waals surface area contributed by atoms with Crippen LogP contribution in [0.2, 0.25) is 15.1 Å². The second-order valence-electron chi connectivity index (χ2n) is 5.86.